The first kappa shape index (κ1) is 11.1. The Morgan fingerprint density at radius 1 is 1.33 bits per heavy atom. The zero-order valence-electron chi connectivity index (χ0n) is 8.57. The third-order valence-corrected chi connectivity index (χ3v) is 1.38. The van der Waals surface area contributed by atoms with E-state index in [2.05, 4.69) is 29.4 Å². The highest BCUT2D eigenvalue weighted by Gasteiger charge is 2.06. The zero-order valence-corrected chi connectivity index (χ0v) is 8.57. The quantitative estimate of drug-likeness (QED) is 0.680. The maximum atomic E-state index is 3.89. The molecule has 0 N–H and O–H groups in total. The molecule has 0 fully saturated rings. The Morgan fingerprint density at radius 3 is 2.25 bits per heavy atom. The first-order chi connectivity index (χ1) is 5.75. The molecule has 0 amide bonds. The van der Waals surface area contributed by atoms with Crippen LogP contribution in [-0.2, 0) is 6.54 Å². The summed E-state index contributed by atoms with van der Waals surface area (Å²) in [5.74, 6) is 1.37. The molecule has 0 saturated carbocycles. The van der Waals surface area contributed by atoms with Crippen molar-refractivity contribution in [3.05, 3.63) is 5.82 Å². The summed E-state index contributed by atoms with van der Waals surface area (Å²) < 4.78 is 1.81. The lowest BCUT2D eigenvalue weighted by atomic mass is 10.2. The number of hydrogen-bond acceptors (Lipinski definition) is 3. The maximum Gasteiger partial charge on any atom is 0.153 e. The smallest absolute Gasteiger partial charge is 0.153 e. The molecule has 1 aromatic heterocycles. The highest BCUT2D eigenvalue weighted by molar-refractivity contribution is 4.87. The van der Waals surface area contributed by atoms with E-state index >= 15 is 0 Å². The number of tetrazole rings is 1. The van der Waals surface area contributed by atoms with Crippen LogP contribution in [0.2, 0.25) is 0 Å². The molecule has 0 aromatic carbocycles. The van der Waals surface area contributed by atoms with Crippen LogP contribution in [0.25, 0.3) is 0 Å². The maximum absolute atomic E-state index is 3.89. The van der Waals surface area contributed by atoms with Crippen molar-refractivity contribution >= 4 is 0 Å². The number of hydrogen-bond donors (Lipinski definition) is 0. The van der Waals surface area contributed by atoms with Crippen LogP contribution in [0.3, 0.4) is 0 Å². The third kappa shape index (κ3) is 2.60. The van der Waals surface area contributed by atoms with Gasteiger partial charge in [-0.3, -0.25) is 0 Å². The summed E-state index contributed by atoms with van der Waals surface area (Å²) in [5, 5.41) is 11.3. The molecule has 0 saturated heterocycles. The van der Waals surface area contributed by atoms with Crippen LogP contribution in [0.4, 0.5) is 0 Å². The van der Waals surface area contributed by atoms with E-state index in [-0.39, 0.29) is 0 Å². The van der Waals surface area contributed by atoms with E-state index in [4.69, 9.17) is 0 Å². The van der Waals surface area contributed by atoms with Gasteiger partial charge in [0.25, 0.3) is 0 Å². The molecule has 0 unspecified atom stereocenters. The molecule has 1 rings (SSSR count). The van der Waals surface area contributed by atoms with Gasteiger partial charge >= 0.3 is 0 Å². The third-order valence-electron chi connectivity index (χ3n) is 1.38. The van der Waals surface area contributed by atoms with Crippen LogP contribution < -0.4 is 0 Å². The van der Waals surface area contributed by atoms with Gasteiger partial charge in [-0.25, -0.2) is 4.68 Å². The van der Waals surface area contributed by atoms with Crippen LogP contribution >= 0.6 is 0 Å². The van der Waals surface area contributed by atoms with Crippen molar-refractivity contribution in [2.24, 2.45) is 0 Å². The van der Waals surface area contributed by atoms with Gasteiger partial charge in [-0.2, -0.15) is 0 Å². The molecule has 4 nitrogen and oxygen atoms in total. The van der Waals surface area contributed by atoms with Gasteiger partial charge in [0.1, 0.15) is 0 Å². The average Bonchev–Trinajstić information content (AvgIpc) is 2.55. The van der Waals surface area contributed by atoms with E-state index in [1.807, 2.05) is 25.5 Å². The van der Waals surface area contributed by atoms with Gasteiger partial charge in [0.05, 0.1) is 0 Å². The Bertz CT molecular complexity index is 205. The highest BCUT2D eigenvalue weighted by Crippen LogP contribution is 2.07. The summed E-state index contributed by atoms with van der Waals surface area (Å²) >= 11 is 0. The first-order valence-electron chi connectivity index (χ1n) is 4.51. The Kier molecular flexibility index (Phi) is 5.25. The number of aromatic nitrogens is 4. The zero-order chi connectivity index (χ0) is 9.56. The fourth-order valence-electron chi connectivity index (χ4n) is 0.850. The lowest BCUT2D eigenvalue weighted by Gasteiger charge is -2.01. The number of aryl methyl sites for hydroxylation is 1. The van der Waals surface area contributed by atoms with Gasteiger partial charge in [-0.1, -0.05) is 27.7 Å². The van der Waals surface area contributed by atoms with E-state index < -0.39 is 0 Å². The van der Waals surface area contributed by atoms with E-state index in [1.54, 1.807) is 0 Å². The van der Waals surface area contributed by atoms with Crippen molar-refractivity contribution in [2.45, 2.75) is 47.1 Å². The van der Waals surface area contributed by atoms with Crippen molar-refractivity contribution in [2.75, 3.05) is 0 Å². The Hall–Kier alpha value is -0.930. The lowest BCUT2D eigenvalue weighted by molar-refractivity contribution is 0.577. The minimum absolute atomic E-state index is 0.412. The van der Waals surface area contributed by atoms with Crippen molar-refractivity contribution < 1.29 is 0 Å². The monoisotopic (exact) mass is 170 g/mol. The molecule has 1 aromatic rings. The number of rotatable bonds is 2. The van der Waals surface area contributed by atoms with Crippen molar-refractivity contribution in [1.82, 2.24) is 20.2 Å². The van der Waals surface area contributed by atoms with Crippen molar-refractivity contribution in [1.29, 1.82) is 0 Å². The standard InChI is InChI=1S/C6H12N4.C2H6/c1-4-10-6(5(2)3)7-8-9-10;1-2/h5H,4H2,1-3H3;1-2H3. The molecule has 70 valence electrons. The van der Waals surface area contributed by atoms with Crippen LogP contribution in [-0.4, -0.2) is 20.2 Å². The summed E-state index contributed by atoms with van der Waals surface area (Å²) in [6.07, 6.45) is 0. The van der Waals surface area contributed by atoms with Crippen molar-refractivity contribution in [3.63, 3.8) is 0 Å². The summed E-state index contributed by atoms with van der Waals surface area (Å²) in [7, 11) is 0. The normalized spacial score (nSPS) is 9.50. The fraction of sp³-hybridized carbons (Fsp3) is 0.875. The molecule has 0 aliphatic carbocycles. The lowest BCUT2D eigenvalue weighted by Crippen LogP contribution is -2.04. The molecule has 0 aliphatic rings. The minimum atomic E-state index is 0.412. The molecule has 4 heteroatoms. The first-order valence-corrected chi connectivity index (χ1v) is 4.51. The molecule has 1 heterocycles. The second-order valence-electron chi connectivity index (χ2n) is 2.51. The average molecular weight is 170 g/mol. The Morgan fingerprint density at radius 2 is 1.92 bits per heavy atom. The van der Waals surface area contributed by atoms with E-state index in [0.29, 0.717) is 5.92 Å². The van der Waals surface area contributed by atoms with E-state index in [9.17, 15) is 0 Å². The molecule has 12 heavy (non-hydrogen) atoms. The predicted molar refractivity (Wildman–Crippen MR) is 48.9 cm³/mol. The predicted octanol–water partition coefficient (Wildman–Crippen LogP) is 1.84. The SMILES string of the molecule is CC.CCn1nnnc1C(C)C. The molecule has 0 spiro atoms. The second kappa shape index (κ2) is 5.69. The minimum Gasteiger partial charge on any atom is -0.230 e. The van der Waals surface area contributed by atoms with Gasteiger partial charge < -0.3 is 0 Å². The summed E-state index contributed by atoms with van der Waals surface area (Å²) in [6, 6.07) is 0. The van der Waals surface area contributed by atoms with Crippen LogP contribution in [0, 0.1) is 0 Å². The molecular weight excluding hydrogens is 152 g/mol. The molecular formula is C8H18N4. The summed E-state index contributed by atoms with van der Waals surface area (Å²) in [5.41, 5.74) is 0. The molecule has 0 radical (unpaired) electrons. The Labute approximate surface area is 74.0 Å². The topological polar surface area (TPSA) is 43.6 Å². The van der Waals surface area contributed by atoms with Gasteiger partial charge in [-0.15, -0.1) is 5.10 Å². The van der Waals surface area contributed by atoms with Gasteiger partial charge in [0.15, 0.2) is 5.82 Å². The molecule has 0 aliphatic heterocycles. The molecule has 0 atom stereocenters. The van der Waals surface area contributed by atoms with Crippen molar-refractivity contribution in [3.8, 4) is 0 Å². The van der Waals surface area contributed by atoms with Gasteiger partial charge in [0.2, 0.25) is 0 Å². The summed E-state index contributed by atoms with van der Waals surface area (Å²) in [4.78, 5) is 0. The van der Waals surface area contributed by atoms with Gasteiger partial charge in [0, 0.05) is 12.5 Å². The van der Waals surface area contributed by atoms with E-state index in [1.165, 1.54) is 0 Å². The highest BCUT2D eigenvalue weighted by atomic mass is 15.5. The summed E-state index contributed by atoms with van der Waals surface area (Å²) in [6.45, 7) is 11.0. The van der Waals surface area contributed by atoms with Gasteiger partial charge in [-0.05, 0) is 17.4 Å². The van der Waals surface area contributed by atoms with E-state index in [0.717, 1.165) is 12.4 Å². The Balaban J connectivity index is 0.000000561. The molecule has 0 bridgehead atoms. The second-order valence-corrected chi connectivity index (χ2v) is 2.51. The fourth-order valence-corrected chi connectivity index (χ4v) is 0.850. The number of nitrogens with zero attached hydrogens (tertiary/aromatic N) is 4. The van der Waals surface area contributed by atoms with Crippen LogP contribution in [0.15, 0.2) is 0 Å². The van der Waals surface area contributed by atoms with Crippen LogP contribution in [0.5, 0.6) is 0 Å². The van der Waals surface area contributed by atoms with Crippen LogP contribution in [0.1, 0.15) is 46.4 Å². The largest absolute Gasteiger partial charge is 0.230 e.